The molecule has 1 amide bonds. The van der Waals surface area contributed by atoms with Crippen LogP contribution in [0.3, 0.4) is 0 Å². The number of carbonyl (C=O) groups is 1. The highest BCUT2D eigenvalue weighted by atomic mass is 32.2. The zero-order valence-corrected chi connectivity index (χ0v) is 17.9. The minimum absolute atomic E-state index is 0.243. The van der Waals surface area contributed by atoms with E-state index in [1.807, 2.05) is 61.5 Å². The van der Waals surface area contributed by atoms with Gasteiger partial charge in [0.05, 0.1) is 5.52 Å². The molecule has 1 N–H and O–H groups in total. The van der Waals surface area contributed by atoms with Gasteiger partial charge in [-0.15, -0.1) is 5.10 Å². The van der Waals surface area contributed by atoms with Gasteiger partial charge in [0.1, 0.15) is 16.9 Å². The molecule has 32 heavy (non-hydrogen) atoms. The first-order valence-corrected chi connectivity index (χ1v) is 10.9. The fraction of sp³-hybridized carbons (Fsp3) is 0.0833. The normalized spacial score (nSPS) is 12.2. The first kappa shape index (κ1) is 20.1. The molecular formula is C24H18FN5OS. The van der Waals surface area contributed by atoms with Crippen molar-refractivity contribution in [1.82, 2.24) is 19.6 Å². The number of fused-ring (bicyclic) bond motifs is 3. The van der Waals surface area contributed by atoms with Crippen molar-refractivity contribution in [2.45, 2.75) is 17.3 Å². The van der Waals surface area contributed by atoms with E-state index in [1.54, 1.807) is 4.52 Å². The third-order valence-electron chi connectivity index (χ3n) is 4.93. The Morgan fingerprint density at radius 1 is 0.969 bits per heavy atom. The summed E-state index contributed by atoms with van der Waals surface area (Å²) in [7, 11) is 0. The van der Waals surface area contributed by atoms with Gasteiger partial charge in [-0.25, -0.2) is 14.4 Å². The smallest absolute Gasteiger partial charge is 0.242 e. The number of aryl methyl sites for hydroxylation is 1. The van der Waals surface area contributed by atoms with Gasteiger partial charge in [0.25, 0.3) is 0 Å². The van der Waals surface area contributed by atoms with E-state index in [1.165, 1.54) is 36.0 Å². The van der Waals surface area contributed by atoms with Crippen LogP contribution in [0.25, 0.3) is 16.6 Å². The fourth-order valence-electron chi connectivity index (χ4n) is 3.46. The summed E-state index contributed by atoms with van der Waals surface area (Å²) in [6.07, 6.45) is 0. The summed E-state index contributed by atoms with van der Waals surface area (Å²) in [5.41, 5.74) is 2.81. The molecule has 2 heterocycles. The number of benzene rings is 3. The van der Waals surface area contributed by atoms with E-state index in [2.05, 4.69) is 15.4 Å². The zero-order valence-electron chi connectivity index (χ0n) is 17.1. The standard InChI is InChI=1S/C24H18FN5OS/c1-15-26-22-19-9-5-6-10-20(19)28-24(30(22)29-15)32-21(16-7-3-2-4-8-16)23(31)27-18-13-11-17(25)12-14-18/h2-14,21H,1H3,(H,27,31)/t21-/m0/s1. The van der Waals surface area contributed by atoms with E-state index in [9.17, 15) is 9.18 Å². The highest BCUT2D eigenvalue weighted by molar-refractivity contribution is 8.00. The Morgan fingerprint density at radius 2 is 1.69 bits per heavy atom. The van der Waals surface area contributed by atoms with E-state index < -0.39 is 5.25 Å². The van der Waals surface area contributed by atoms with Gasteiger partial charge >= 0.3 is 0 Å². The third kappa shape index (κ3) is 3.92. The molecule has 0 fully saturated rings. The highest BCUT2D eigenvalue weighted by Gasteiger charge is 2.25. The van der Waals surface area contributed by atoms with Gasteiger partial charge in [-0.05, 0) is 48.9 Å². The topological polar surface area (TPSA) is 72.2 Å². The highest BCUT2D eigenvalue weighted by Crippen LogP contribution is 2.36. The number of thioether (sulfide) groups is 1. The van der Waals surface area contributed by atoms with Crippen LogP contribution in [-0.4, -0.2) is 25.5 Å². The van der Waals surface area contributed by atoms with Crippen LogP contribution >= 0.6 is 11.8 Å². The van der Waals surface area contributed by atoms with Crippen LogP contribution in [0.1, 0.15) is 16.6 Å². The fourth-order valence-corrected chi connectivity index (χ4v) is 4.51. The third-order valence-corrected chi connectivity index (χ3v) is 6.13. The van der Waals surface area contributed by atoms with Crippen molar-refractivity contribution >= 4 is 39.9 Å². The summed E-state index contributed by atoms with van der Waals surface area (Å²) in [6.45, 7) is 1.83. The molecule has 0 unspecified atom stereocenters. The molecule has 158 valence electrons. The van der Waals surface area contributed by atoms with Gasteiger partial charge in [0.2, 0.25) is 5.91 Å². The van der Waals surface area contributed by atoms with Crippen molar-refractivity contribution in [1.29, 1.82) is 0 Å². The van der Waals surface area contributed by atoms with E-state index in [0.29, 0.717) is 22.3 Å². The van der Waals surface area contributed by atoms with Crippen molar-refractivity contribution in [3.05, 3.63) is 96.1 Å². The summed E-state index contributed by atoms with van der Waals surface area (Å²) in [6, 6.07) is 22.9. The minimum atomic E-state index is -0.609. The van der Waals surface area contributed by atoms with Crippen LogP contribution in [0.2, 0.25) is 0 Å². The van der Waals surface area contributed by atoms with Gasteiger partial charge in [0.15, 0.2) is 10.8 Å². The molecule has 6 nitrogen and oxygen atoms in total. The van der Waals surface area contributed by atoms with Gasteiger partial charge in [-0.1, -0.05) is 54.2 Å². The Morgan fingerprint density at radius 3 is 2.47 bits per heavy atom. The predicted molar refractivity (Wildman–Crippen MR) is 123 cm³/mol. The monoisotopic (exact) mass is 443 g/mol. The summed E-state index contributed by atoms with van der Waals surface area (Å²) < 4.78 is 15.0. The van der Waals surface area contributed by atoms with E-state index in [-0.39, 0.29) is 11.7 Å². The molecule has 0 aliphatic rings. The molecule has 3 aromatic carbocycles. The Labute approximate surface area is 187 Å². The second-order valence-corrected chi connectivity index (χ2v) is 8.28. The average Bonchev–Trinajstić information content (AvgIpc) is 3.21. The first-order valence-electron chi connectivity index (χ1n) is 9.98. The Kier molecular flexibility index (Phi) is 5.28. The van der Waals surface area contributed by atoms with Crippen LogP contribution < -0.4 is 5.32 Å². The number of nitrogens with one attached hydrogen (secondary N) is 1. The first-order chi connectivity index (χ1) is 15.6. The van der Waals surface area contributed by atoms with E-state index in [4.69, 9.17) is 4.98 Å². The minimum Gasteiger partial charge on any atom is -0.325 e. The van der Waals surface area contributed by atoms with Crippen molar-refractivity contribution in [3.8, 4) is 0 Å². The number of para-hydroxylation sites is 1. The quantitative estimate of drug-likeness (QED) is 0.299. The van der Waals surface area contributed by atoms with E-state index in [0.717, 1.165) is 16.5 Å². The summed E-state index contributed by atoms with van der Waals surface area (Å²) in [5.74, 6) is 0.0195. The Balaban J connectivity index is 1.57. The number of amides is 1. The lowest BCUT2D eigenvalue weighted by atomic mass is 10.1. The lowest BCUT2D eigenvalue weighted by molar-refractivity contribution is -0.115. The number of rotatable bonds is 5. The molecule has 0 saturated heterocycles. The summed E-state index contributed by atoms with van der Waals surface area (Å²) >= 11 is 1.29. The molecule has 8 heteroatoms. The molecule has 1 atom stereocenters. The van der Waals surface area contributed by atoms with Crippen molar-refractivity contribution in [2.24, 2.45) is 0 Å². The van der Waals surface area contributed by atoms with Crippen LogP contribution in [0.5, 0.6) is 0 Å². The van der Waals surface area contributed by atoms with Gasteiger partial charge in [0, 0.05) is 11.1 Å². The van der Waals surface area contributed by atoms with Crippen LogP contribution in [0, 0.1) is 12.7 Å². The molecule has 0 aliphatic heterocycles. The van der Waals surface area contributed by atoms with Gasteiger partial charge in [-0.3, -0.25) is 4.79 Å². The maximum atomic E-state index is 13.3. The maximum Gasteiger partial charge on any atom is 0.242 e. The molecule has 0 bridgehead atoms. The average molecular weight is 444 g/mol. The van der Waals surface area contributed by atoms with Crippen LogP contribution in [-0.2, 0) is 4.79 Å². The molecule has 0 aliphatic carbocycles. The number of nitrogens with zero attached hydrogens (tertiary/aromatic N) is 4. The van der Waals surface area contributed by atoms with Crippen molar-refractivity contribution < 1.29 is 9.18 Å². The van der Waals surface area contributed by atoms with Crippen molar-refractivity contribution in [3.63, 3.8) is 0 Å². The second kappa shape index (κ2) is 8.39. The number of halogens is 1. The second-order valence-electron chi connectivity index (χ2n) is 7.21. The van der Waals surface area contributed by atoms with Crippen molar-refractivity contribution in [2.75, 3.05) is 5.32 Å². The molecule has 0 saturated carbocycles. The number of hydrogen-bond donors (Lipinski definition) is 1. The van der Waals surface area contributed by atoms with Crippen LogP contribution in [0.15, 0.2) is 84.0 Å². The number of carbonyl (C=O) groups excluding carboxylic acids is 1. The Bertz CT molecular complexity index is 1420. The number of aromatic nitrogens is 4. The van der Waals surface area contributed by atoms with Gasteiger partial charge < -0.3 is 5.32 Å². The van der Waals surface area contributed by atoms with Crippen LogP contribution in [0.4, 0.5) is 10.1 Å². The molecule has 5 rings (SSSR count). The summed E-state index contributed by atoms with van der Waals surface area (Å²) in [5, 5.41) is 8.23. The largest absolute Gasteiger partial charge is 0.325 e. The lowest BCUT2D eigenvalue weighted by Gasteiger charge is -2.17. The predicted octanol–water partition coefficient (Wildman–Crippen LogP) is 5.20. The molecular weight excluding hydrogens is 425 g/mol. The molecule has 0 radical (unpaired) electrons. The maximum absolute atomic E-state index is 13.3. The molecule has 5 aromatic rings. The molecule has 2 aromatic heterocycles. The number of hydrogen-bond acceptors (Lipinski definition) is 5. The SMILES string of the molecule is Cc1nc2c3ccccc3nc(S[C@H](C(=O)Nc3ccc(F)cc3)c3ccccc3)n2n1. The lowest BCUT2D eigenvalue weighted by Crippen LogP contribution is -2.19. The molecule has 0 spiro atoms. The summed E-state index contributed by atoms with van der Waals surface area (Å²) in [4.78, 5) is 22.7. The number of anilines is 1. The Hall–Kier alpha value is -3.78. The van der Waals surface area contributed by atoms with E-state index >= 15 is 0 Å². The zero-order chi connectivity index (χ0) is 22.1. The van der Waals surface area contributed by atoms with Gasteiger partial charge in [-0.2, -0.15) is 4.52 Å².